The van der Waals surface area contributed by atoms with Crippen LogP contribution in [0.25, 0.3) is 11.1 Å². The van der Waals surface area contributed by atoms with E-state index in [1.54, 1.807) is 25.1 Å². The first-order valence-corrected chi connectivity index (χ1v) is 6.54. The van der Waals surface area contributed by atoms with Gasteiger partial charge in [-0.25, -0.2) is 9.37 Å². The van der Waals surface area contributed by atoms with E-state index in [2.05, 4.69) is 10.3 Å². The molecular weight excluding hydrogens is 295 g/mol. The Morgan fingerprint density at radius 3 is 2.86 bits per heavy atom. The van der Waals surface area contributed by atoms with Crippen LogP contribution in [0.4, 0.5) is 10.1 Å². The lowest BCUT2D eigenvalue weighted by Gasteiger charge is -2.06. The maximum Gasteiger partial charge on any atom is 0.257 e. The highest BCUT2D eigenvalue weighted by molar-refractivity contribution is 6.34. The Kier molecular flexibility index (Phi) is 3.35. The lowest BCUT2D eigenvalue weighted by atomic mass is 10.2. The standard InChI is InChI=1S/C15H10ClFN2O2/c1-8-18-13-7-10(3-5-14(13)21-8)19-15(20)11-4-2-9(17)6-12(11)16/h2-7H,1H3,(H,19,20). The molecule has 1 N–H and O–H groups in total. The predicted octanol–water partition coefficient (Wildman–Crippen LogP) is 4.18. The molecule has 0 saturated carbocycles. The number of nitrogens with one attached hydrogen (secondary N) is 1. The van der Waals surface area contributed by atoms with Gasteiger partial charge in [0.15, 0.2) is 11.5 Å². The van der Waals surface area contributed by atoms with Gasteiger partial charge in [0.2, 0.25) is 0 Å². The van der Waals surface area contributed by atoms with Crippen molar-refractivity contribution in [3.63, 3.8) is 0 Å². The molecule has 1 heterocycles. The van der Waals surface area contributed by atoms with Crippen molar-refractivity contribution in [2.24, 2.45) is 0 Å². The molecule has 3 rings (SSSR count). The van der Waals surface area contributed by atoms with Crippen molar-refractivity contribution in [2.45, 2.75) is 6.92 Å². The second kappa shape index (κ2) is 5.18. The second-order valence-electron chi connectivity index (χ2n) is 4.49. The van der Waals surface area contributed by atoms with Gasteiger partial charge >= 0.3 is 0 Å². The molecule has 0 aliphatic carbocycles. The minimum absolute atomic E-state index is 0.0610. The number of halogens is 2. The molecule has 106 valence electrons. The van der Waals surface area contributed by atoms with Gasteiger partial charge in [0.25, 0.3) is 5.91 Å². The van der Waals surface area contributed by atoms with Gasteiger partial charge in [-0.2, -0.15) is 0 Å². The van der Waals surface area contributed by atoms with Crippen LogP contribution >= 0.6 is 11.6 Å². The first kappa shape index (κ1) is 13.6. The van der Waals surface area contributed by atoms with E-state index in [9.17, 15) is 9.18 Å². The molecule has 0 unspecified atom stereocenters. The van der Waals surface area contributed by atoms with Crippen LogP contribution in [0.5, 0.6) is 0 Å². The molecule has 0 spiro atoms. The Labute approximate surface area is 124 Å². The van der Waals surface area contributed by atoms with E-state index < -0.39 is 11.7 Å². The van der Waals surface area contributed by atoms with Crippen LogP contribution in [0.15, 0.2) is 40.8 Å². The van der Waals surface area contributed by atoms with Crippen molar-refractivity contribution in [3.8, 4) is 0 Å². The molecule has 0 saturated heterocycles. The third kappa shape index (κ3) is 2.73. The normalized spacial score (nSPS) is 10.8. The molecule has 0 fully saturated rings. The topological polar surface area (TPSA) is 55.1 Å². The molecule has 1 amide bonds. The number of rotatable bonds is 2. The molecule has 4 nitrogen and oxygen atoms in total. The number of nitrogens with zero attached hydrogens (tertiary/aromatic N) is 1. The highest BCUT2D eigenvalue weighted by Gasteiger charge is 2.12. The fourth-order valence-corrected chi connectivity index (χ4v) is 2.25. The Bertz CT molecular complexity index is 845. The Morgan fingerprint density at radius 1 is 1.29 bits per heavy atom. The average Bonchev–Trinajstić information content (AvgIpc) is 2.77. The Balaban J connectivity index is 1.88. The van der Waals surface area contributed by atoms with Gasteiger partial charge in [0, 0.05) is 12.6 Å². The number of oxazole rings is 1. The van der Waals surface area contributed by atoms with Crippen molar-refractivity contribution in [3.05, 3.63) is 58.7 Å². The summed E-state index contributed by atoms with van der Waals surface area (Å²) in [7, 11) is 0. The third-order valence-corrected chi connectivity index (χ3v) is 3.24. The largest absolute Gasteiger partial charge is 0.441 e. The number of fused-ring (bicyclic) bond motifs is 1. The lowest BCUT2D eigenvalue weighted by Crippen LogP contribution is -2.12. The summed E-state index contributed by atoms with van der Waals surface area (Å²) in [4.78, 5) is 16.3. The number of aromatic nitrogens is 1. The van der Waals surface area contributed by atoms with Gasteiger partial charge in [-0.05, 0) is 36.4 Å². The molecule has 0 bridgehead atoms. The van der Waals surface area contributed by atoms with E-state index in [0.717, 1.165) is 6.07 Å². The minimum Gasteiger partial charge on any atom is -0.441 e. The predicted molar refractivity (Wildman–Crippen MR) is 78.1 cm³/mol. The van der Waals surface area contributed by atoms with Gasteiger partial charge in [0.05, 0.1) is 10.6 Å². The summed E-state index contributed by atoms with van der Waals surface area (Å²) in [6.45, 7) is 1.75. The summed E-state index contributed by atoms with van der Waals surface area (Å²) >= 11 is 5.86. The molecule has 0 atom stereocenters. The Hall–Kier alpha value is -2.40. The number of aryl methyl sites for hydroxylation is 1. The first-order chi connectivity index (χ1) is 10.0. The van der Waals surface area contributed by atoms with Crippen LogP contribution < -0.4 is 5.32 Å². The van der Waals surface area contributed by atoms with Gasteiger partial charge < -0.3 is 9.73 Å². The Morgan fingerprint density at radius 2 is 2.10 bits per heavy atom. The van der Waals surface area contributed by atoms with Gasteiger partial charge in [0.1, 0.15) is 11.3 Å². The molecule has 0 aliphatic rings. The van der Waals surface area contributed by atoms with Crippen LogP contribution in [0.2, 0.25) is 5.02 Å². The molecular formula is C15H10ClFN2O2. The van der Waals surface area contributed by atoms with Crippen LogP contribution in [-0.4, -0.2) is 10.9 Å². The van der Waals surface area contributed by atoms with E-state index in [4.69, 9.17) is 16.0 Å². The number of carbonyl (C=O) groups excluding carboxylic acids is 1. The summed E-state index contributed by atoms with van der Waals surface area (Å²) in [6, 6.07) is 8.73. The summed E-state index contributed by atoms with van der Waals surface area (Å²) in [5.41, 5.74) is 2.05. The molecule has 0 aliphatic heterocycles. The number of anilines is 1. The van der Waals surface area contributed by atoms with Crippen LogP contribution in [-0.2, 0) is 0 Å². The fourth-order valence-electron chi connectivity index (χ4n) is 1.99. The van der Waals surface area contributed by atoms with Crippen LogP contribution in [0.3, 0.4) is 0 Å². The maximum absolute atomic E-state index is 13.0. The molecule has 1 aromatic heterocycles. The zero-order chi connectivity index (χ0) is 15.0. The summed E-state index contributed by atoms with van der Waals surface area (Å²) in [6.07, 6.45) is 0. The van der Waals surface area contributed by atoms with E-state index in [0.29, 0.717) is 22.7 Å². The first-order valence-electron chi connectivity index (χ1n) is 6.16. The average molecular weight is 305 g/mol. The quantitative estimate of drug-likeness (QED) is 0.772. The molecule has 21 heavy (non-hydrogen) atoms. The molecule has 0 radical (unpaired) electrons. The maximum atomic E-state index is 13.0. The second-order valence-corrected chi connectivity index (χ2v) is 4.90. The number of hydrogen-bond donors (Lipinski definition) is 1. The smallest absolute Gasteiger partial charge is 0.257 e. The molecule has 6 heteroatoms. The van der Waals surface area contributed by atoms with E-state index >= 15 is 0 Å². The van der Waals surface area contributed by atoms with Crippen molar-refractivity contribution < 1.29 is 13.6 Å². The number of benzene rings is 2. The fraction of sp³-hybridized carbons (Fsp3) is 0.0667. The van der Waals surface area contributed by atoms with Gasteiger partial charge in [-0.15, -0.1) is 0 Å². The van der Waals surface area contributed by atoms with Crippen LogP contribution in [0.1, 0.15) is 16.2 Å². The summed E-state index contributed by atoms with van der Waals surface area (Å²) < 4.78 is 18.3. The molecule has 2 aromatic carbocycles. The minimum atomic E-state index is -0.490. The van der Waals surface area contributed by atoms with Crippen molar-refractivity contribution in [1.29, 1.82) is 0 Å². The zero-order valence-corrected chi connectivity index (χ0v) is 11.7. The van der Waals surface area contributed by atoms with Crippen LogP contribution in [0, 0.1) is 12.7 Å². The van der Waals surface area contributed by atoms with Crippen molar-refractivity contribution >= 4 is 34.3 Å². The SMILES string of the molecule is Cc1nc2cc(NC(=O)c3ccc(F)cc3Cl)ccc2o1. The van der Waals surface area contributed by atoms with E-state index in [1.807, 2.05) is 0 Å². The zero-order valence-electron chi connectivity index (χ0n) is 11.0. The highest BCUT2D eigenvalue weighted by Crippen LogP contribution is 2.22. The lowest BCUT2D eigenvalue weighted by molar-refractivity contribution is 0.102. The van der Waals surface area contributed by atoms with E-state index in [1.165, 1.54) is 12.1 Å². The number of carbonyl (C=O) groups is 1. The number of amides is 1. The van der Waals surface area contributed by atoms with Gasteiger partial charge in [-0.1, -0.05) is 11.6 Å². The monoisotopic (exact) mass is 304 g/mol. The van der Waals surface area contributed by atoms with Crippen molar-refractivity contribution in [1.82, 2.24) is 4.98 Å². The highest BCUT2D eigenvalue weighted by atomic mass is 35.5. The van der Waals surface area contributed by atoms with E-state index in [-0.39, 0.29) is 10.6 Å². The summed E-state index contributed by atoms with van der Waals surface area (Å²) in [5.74, 6) is -0.356. The van der Waals surface area contributed by atoms with Gasteiger partial charge in [-0.3, -0.25) is 4.79 Å². The summed E-state index contributed by atoms with van der Waals surface area (Å²) in [5, 5.41) is 2.75. The van der Waals surface area contributed by atoms with Crippen molar-refractivity contribution in [2.75, 3.05) is 5.32 Å². The number of hydrogen-bond acceptors (Lipinski definition) is 3. The molecule has 3 aromatic rings. The third-order valence-electron chi connectivity index (χ3n) is 2.93.